The number of rotatable bonds is 0. The van der Waals surface area contributed by atoms with Crippen molar-refractivity contribution in [2.75, 3.05) is 4.72 Å². The van der Waals surface area contributed by atoms with Crippen LogP contribution in [0, 0.1) is 6.92 Å². The summed E-state index contributed by atoms with van der Waals surface area (Å²) in [5.41, 5.74) is 3.69. The van der Waals surface area contributed by atoms with Gasteiger partial charge in [0, 0.05) is 10.9 Å². The highest BCUT2D eigenvalue weighted by atomic mass is 32.2. The quantitative estimate of drug-likeness (QED) is 0.620. The van der Waals surface area contributed by atoms with Gasteiger partial charge in [-0.1, -0.05) is 6.92 Å². The number of nitrogens with one attached hydrogen (secondary N) is 1. The van der Waals surface area contributed by atoms with Crippen LogP contribution in [0.1, 0.15) is 18.2 Å². The van der Waals surface area contributed by atoms with Gasteiger partial charge < -0.3 is 4.72 Å². The summed E-state index contributed by atoms with van der Waals surface area (Å²) in [5, 5.41) is 0.666. The molecule has 3 heteroatoms. The third-order valence-electron chi connectivity index (χ3n) is 2.00. The second kappa shape index (κ2) is 2.98. The van der Waals surface area contributed by atoms with Crippen LogP contribution in [0.3, 0.4) is 0 Å². The lowest BCUT2D eigenvalue weighted by Gasteiger charge is -2.21. The molecule has 0 amide bonds. The van der Waals surface area contributed by atoms with Crippen LogP contribution < -0.4 is 4.72 Å². The largest absolute Gasteiger partial charge is 0.328 e. The van der Waals surface area contributed by atoms with Crippen molar-refractivity contribution in [3.05, 3.63) is 23.5 Å². The topological polar surface area (TPSA) is 24.9 Å². The second-order valence-electron chi connectivity index (χ2n) is 3.22. The Hall–Kier alpha value is -0.700. The smallest absolute Gasteiger partial charge is 0.0659 e. The number of fused-ring (bicyclic) bond motifs is 1. The van der Waals surface area contributed by atoms with E-state index >= 15 is 0 Å². The molecular formula is C9H12N2S. The minimum absolute atomic E-state index is 0.666. The summed E-state index contributed by atoms with van der Waals surface area (Å²) in [6, 6.07) is 2.17. The zero-order valence-electron chi connectivity index (χ0n) is 7.29. The minimum atomic E-state index is 0.666. The Kier molecular flexibility index (Phi) is 1.97. The maximum absolute atomic E-state index is 4.24. The Morgan fingerprint density at radius 3 is 3.33 bits per heavy atom. The zero-order valence-corrected chi connectivity index (χ0v) is 8.11. The number of nitrogens with zero attached hydrogens (tertiary/aromatic N) is 1. The van der Waals surface area contributed by atoms with Crippen molar-refractivity contribution in [1.29, 1.82) is 0 Å². The lowest BCUT2D eigenvalue weighted by molar-refractivity contribution is 0.928. The number of aromatic nitrogens is 1. The van der Waals surface area contributed by atoms with Crippen molar-refractivity contribution in [3.8, 4) is 0 Å². The molecule has 2 rings (SSSR count). The molecule has 0 saturated heterocycles. The van der Waals surface area contributed by atoms with Gasteiger partial charge in [0.25, 0.3) is 0 Å². The van der Waals surface area contributed by atoms with Gasteiger partial charge in [0.05, 0.1) is 11.9 Å². The molecular weight excluding hydrogens is 168 g/mol. The fourth-order valence-electron chi connectivity index (χ4n) is 1.39. The molecule has 0 fully saturated rings. The number of hydrogen-bond donors (Lipinski definition) is 1. The first-order valence-corrected chi connectivity index (χ1v) is 5.01. The van der Waals surface area contributed by atoms with Gasteiger partial charge in [-0.2, -0.15) is 0 Å². The van der Waals surface area contributed by atoms with E-state index in [1.54, 1.807) is 11.9 Å². The first-order valence-electron chi connectivity index (χ1n) is 4.13. The molecule has 12 heavy (non-hydrogen) atoms. The third kappa shape index (κ3) is 1.41. The molecule has 2 heterocycles. The highest BCUT2D eigenvalue weighted by molar-refractivity contribution is 8.01. The minimum Gasteiger partial charge on any atom is -0.328 e. The zero-order chi connectivity index (χ0) is 8.55. The van der Waals surface area contributed by atoms with Crippen LogP contribution >= 0.6 is 11.9 Å². The van der Waals surface area contributed by atoms with Crippen LogP contribution in [0.2, 0.25) is 0 Å². The lowest BCUT2D eigenvalue weighted by Crippen LogP contribution is -2.13. The summed E-state index contributed by atoms with van der Waals surface area (Å²) < 4.78 is 3.29. The van der Waals surface area contributed by atoms with Crippen LogP contribution in [0.25, 0.3) is 0 Å². The molecule has 1 N–H and O–H groups in total. The van der Waals surface area contributed by atoms with Gasteiger partial charge >= 0.3 is 0 Å². The van der Waals surface area contributed by atoms with Gasteiger partial charge in [-0.3, -0.25) is 4.98 Å². The third-order valence-corrected chi connectivity index (χ3v) is 2.91. The van der Waals surface area contributed by atoms with Crippen molar-refractivity contribution in [3.63, 3.8) is 0 Å². The van der Waals surface area contributed by atoms with E-state index in [0.717, 1.165) is 12.1 Å². The average Bonchev–Trinajstić information content (AvgIpc) is 2.03. The molecule has 1 aliphatic rings. The van der Waals surface area contributed by atoms with E-state index in [-0.39, 0.29) is 0 Å². The standard InChI is InChI=1S/C9H12N2S/c1-6-3-8-4-7(2)12-11-9(8)5-10-6/h3,5,7,11H,4H2,1-2H3/t7-/m1/s1. The van der Waals surface area contributed by atoms with E-state index < -0.39 is 0 Å². The van der Waals surface area contributed by atoms with Gasteiger partial charge in [0.15, 0.2) is 0 Å². The Labute approximate surface area is 76.9 Å². The van der Waals surface area contributed by atoms with Crippen LogP contribution in [-0.4, -0.2) is 10.2 Å². The van der Waals surface area contributed by atoms with E-state index in [9.17, 15) is 0 Å². The Balaban J connectivity index is 2.37. The van der Waals surface area contributed by atoms with Gasteiger partial charge in [-0.25, -0.2) is 0 Å². The lowest BCUT2D eigenvalue weighted by atomic mass is 10.1. The molecule has 2 nitrogen and oxygen atoms in total. The van der Waals surface area contributed by atoms with Crippen molar-refractivity contribution in [1.82, 2.24) is 4.98 Å². The molecule has 0 unspecified atom stereocenters. The molecule has 0 bridgehead atoms. The normalized spacial score (nSPS) is 21.3. The van der Waals surface area contributed by atoms with E-state index in [1.807, 2.05) is 13.1 Å². The Morgan fingerprint density at radius 2 is 2.50 bits per heavy atom. The fourth-order valence-corrected chi connectivity index (χ4v) is 2.17. The summed E-state index contributed by atoms with van der Waals surface area (Å²) in [5.74, 6) is 0. The van der Waals surface area contributed by atoms with Crippen LogP contribution in [0.15, 0.2) is 12.3 Å². The van der Waals surface area contributed by atoms with Gasteiger partial charge in [0.2, 0.25) is 0 Å². The molecule has 1 aromatic heterocycles. The highest BCUT2D eigenvalue weighted by Crippen LogP contribution is 2.29. The maximum Gasteiger partial charge on any atom is 0.0659 e. The SMILES string of the molecule is Cc1cc2c(cn1)NS[C@H](C)C2. The monoisotopic (exact) mass is 180 g/mol. The summed E-state index contributed by atoms with van der Waals surface area (Å²) in [4.78, 5) is 4.24. The maximum atomic E-state index is 4.24. The Morgan fingerprint density at radius 1 is 1.67 bits per heavy atom. The first kappa shape index (κ1) is 7.92. The number of aryl methyl sites for hydroxylation is 1. The van der Waals surface area contributed by atoms with Gasteiger partial charge in [0.1, 0.15) is 0 Å². The van der Waals surface area contributed by atoms with E-state index in [2.05, 4.69) is 22.7 Å². The van der Waals surface area contributed by atoms with Gasteiger partial charge in [-0.15, -0.1) is 0 Å². The first-order chi connectivity index (χ1) is 5.75. The molecule has 64 valence electrons. The number of hydrogen-bond acceptors (Lipinski definition) is 3. The van der Waals surface area contributed by atoms with E-state index in [0.29, 0.717) is 5.25 Å². The fraction of sp³-hybridized carbons (Fsp3) is 0.444. The van der Waals surface area contributed by atoms with Crippen LogP contribution in [-0.2, 0) is 6.42 Å². The van der Waals surface area contributed by atoms with E-state index in [4.69, 9.17) is 0 Å². The number of pyridine rings is 1. The Bertz CT molecular complexity index is 299. The molecule has 0 aromatic carbocycles. The summed E-state index contributed by atoms with van der Waals surface area (Å²) in [7, 11) is 0. The number of anilines is 1. The highest BCUT2D eigenvalue weighted by Gasteiger charge is 2.14. The summed E-state index contributed by atoms with van der Waals surface area (Å²) in [6.07, 6.45) is 3.07. The van der Waals surface area contributed by atoms with Gasteiger partial charge in [-0.05, 0) is 36.9 Å². The van der Waals surface area contributed by atoms with Crippen molar-refractivity contribution in [2.24, 2.45) is 0 Å². The molecule has 0 aliphatic carbocycles. The van der Waals surface area contributed by atoms with E-state index in [1.165, 1.54) is 11.3 Å². The van der Waals surface area contributed by atoms with Crippen LogP contribution in [0.5, 0.6) is 0 Å². The molecule has 1 atom stereocenters. The molecule has 1 aromatic rings. The average molecular weight is 180 g/mol. The predicted molar refractivity (Wildman–Crippen MR) is 53.4 cm³/mol. The van der Waals surface area contributed by atoms with Crippen molar-refractivity contribution >= 4 is 17.6 Å². The predicted octanol–water partition coefficient (Wildman–Crippen LogP) is 2.39. The van der Waals surface area contributed by atoms with Crippen molar-refractivity contribution in [2.45, 2.75) is 25.5 Å². The molecule has 0 spiro atoms. The molecule has 1 aliphatic heterocycles. The van der Waals surface area contributed by atoms with Crippen molar-refractivity contribution < 1.29 is 0 Å². The summed E-state index contributed by atoms with van der Waals surface area (Å²) >= 11 is 1.78. The molecule has 0 radical (unpaired) electrons. The molecule has 0 saturated carbocycles. The second-order valence-corrected chi connectivity index (χ2v) is 4.46. The summed E-state index contributed by atoms with van der Waals surface area (Å²) in [6.45, 7) is 4.27. The van der Waals surface area contributed by atoms with Crippen LogP contribution in [0.4, 0.5) is 5.69 Å².